The molecule has 0 N–H and O–H groups in total. The molecule has 0 bridgehead atoms. The van der Waals surface area contributed by atoms with Crippen molar-refractivity contribution in [2.75, 3.05) is 19.1 Å². The molecule has 0 aliphatic heterocycles. The second kappa shape index (κ2) is 5.57. The molecule has 102 valence electrons. The quantitative estimate of drug-likeness (QED) is 0.862. The van der Waals surface area contributed by atoms with Crippen molar-refractivity contribution in [3.8, 4) is 0 Å². The van der Waals surface area contributed by atoms with E-state index in [2.05, 4.69) is 0 Å². The van der Waals surface area contributed by atoms with Gasteiger partial charge in [0.15, 0.2) is 0 Å². The van der Waals surface area contributed by atoms with Gasteiger partial charge in [0.25, 0.3) is 5.91 Å². The number of hydrogen-bond donors (Lipinski definition) is 0. The summed E-state index contributed by atoms with van der Waals surface area (Å²) in [7, 11) is 0.800. The second-order valence-corrected chi connectivity index (χ2v) is 6.13. The van der Waals surface area contributed by atoms with Crippen molar-refractivity contribution in [2.24, 2.45) is 0 Å². The standard InChI is InChI=1S/C14H17NO3S/c1-10(9-19(3)17)15(2)14(16)12-8-18-13-7-5-4-6-11(12)13/h4-8,10H,9H2,1-3H3/t10-,19+/m1/s1. The summed E-state index contributed by atoms with van der Waals surface area (Å²) in [4.78, 5) is 14.0. The Kier molecular flexibility index (Phi) is 4.04. The van der Waals surface area contributed by atoms with Gasteiger partial charge in [-0.25, -0.2) is 0 Å². The molecule has 19 heavy (non-hydrogen) atoms. The Morgan fingerprint density at radius 2 is 2.11 bits per heavy atom. The van der Waals surface area contributed by atoms with Gasteiger partial charge in [0.2, 0.25) is 0 Å². The zero-order chi connectivity index (χ0) is 14.0. The summed E-state index contributed by atoms with van der Waals surface area (Å²) >= 11 is 0. The van der Waals surface area contributed by atoms with Crippen LogP contribution in [0, 0.1) is 0 Å². The van der Waals surface area contributed by atoms with Crippen molar-refractivity contribution in [3.05, 3.63) is 36.1 Å². The third-order valence-electron chi connectivity index (χ3n) is 3.17. The minimum Gasteiger partial charge on any atom is -0.463 e. The van der Waals surface area contributed by atoms with Crippen molar-refractivity contribution >= 4 is 27.7 Å². The lowest BCUT2D eigenvalue weighted by atomic mass is 10.1. The van der Waals surface area contributed by atoms with Crippen LogP contribution >= 0.6 is 0 Å². The van der Waals surface area contributed by atoms with Gasteiger partial charge in [-0.3, -0.25) is 9.00 Å². The molecule has 0 spiro atoms. The molecule has 0 saturated carbocycles. The second-order valence-electron chi connectivity index (χ2n) is 4.65. The number of nitrogens with zero attached hydrogens (tertiary/aromatic N) is 1. The van der Waals surface area contributed by atoms with Gasteiger partial charge in [-0.1, -0.05) is 18.2 Å². The molecule has 1 aromatic carbocycles. The number of hydrogen-bond acceptors (Lipinski definition) is 3. The van der Waals surface area contributed by atoms with Crippen LogP contribution in [0.3, 0.4) is 0 Å². The number of fused-ring (bicyclic) bond motifs is 1. The number of carbonyl (C=O) groups excluding carboxylic acids is 1. The van der Waals surface area contributed by atoms with Crippen molar-refractivity contribution in [1.29, 1.82) is 0 Å². The van der Waals surface area contributed by atoms with Gasteiger partial charge in [0.1, 0.15) is 11.8 Å². The topological polar surface area (TPSA) is 50.5 Å². The number of carbonyl (C=O) groups is 1. The van der Waals surface area contributed by atoms with Crippen LogP contribution in [0.5, 0.6) is 0 Å². The van der Waals surface area contributed by atoms with Crippen LogP contribution < -0.4 is 0 Å². The fraction of sp³-hybridized carbons (Fsp3) is 0.357. The highest BCUT2D eigenvalue weighted by molar-refractivity contribution is 7.84. The molecule has 5 heteroatoms. The maximum absolute atomic E-state index is 12.4. The van der Waals surface area contributed by atoms with Crippen LogP contribution in [0.25, 0.3) is 11.0 Å². The normalized spacial score (nSPS) is 14.3. The summed E-state index contributed by atoms with van der Waals surface area (Å²) in [5.74, 6) is 0.362. The van der Waals surface area contributed by atoms with E-state index in [1.54, 1.807) is 18.2 Å². The van der Waals surface area contributed by atoms with Crippen molar-refractivity contribution in [1.82, 2.24) is 4.90 Å². The van der Waals surface area contributed by atoms with Crippen molar-refractivity contribution < 1.29 is 13.4 Å². The highest BCUT2D eigenvalue weighted by atomic mass is 32.2. The molecule has 0 aliphatic carbocycles. The molecule has 1 amide bonds. The Bertz CT molecular complexity index is 620. The first-order chi connectivity index (χ1) is 9.00. The van der Waals surface area contributed by atoms with Crippen LogP contribution in [-0.4, -0.2) is 40.1 Å². The third kappa shape index (κ3) is 2.87. The van der Waals surface area contributed by atoms with Crippen LogP contribution in [-0.2, 0) is 10.8 Å². The van der Waals surface area contributed by atoms with E-state index in [1.165, 1.54) is 6.26 Å². The summed E-state index contributed by atoms with van der Waals surface area (Å²) < 4.78 is 16.6. The summed E-state index contributed by atoms with van der Waals surface area (Å²) in [5.41, 5.74) is 1.25. The molecule has 0 aliphatic rings. The summed E-state index contributed by atoms with van der Waals surface area (Å²) in [6, 6.07) is 7.36. The Labute approximate surface area is 114 Å². The van der Waals surface area contributed by atoms with Crippen molar-refractivity contribution in [2.45, 2.75) is 13.0 Å². The first kappa shape index (κ1) is 13.8. The maximum atomic E-state index is 12.4. The molecule has 1 heterocycles. The van der Waals surface area contributed by atoms with Crippen LogP contribution in [0.15, 0.2) is 34.9 Å². The van der Waals surface area contributed by atoms with Crippen molar-refractivity contribution in [3.63, 3.8) is 0 Å². The van der Waals surface area contributed by atoms with E-state index < -0.39 is 10.8 Å². The van der Waals surface area contributed by atoms with E-state index in [9.17, 15) is 9.00 Å². The van der Waals surface area contributed by atoms with E-state index in [0.29, 0.717) is 16.9 Å². The Hall–Kier alpha value is -1.62. The van der Waals surface area contributed by atoms with Gasteiger partial charge in [0, 0.05) is 41.3 Å². The molecule has 0 unspecified atom stereocenters. The first-order valence-electron chi connectivity index (χ1n) is 6.04. The number of benzene rings is 1. The van der Waals surface area contributed by atoms with Crippen LogP contribution in [0.4, 0.5) is 0 Å². The van der Waals surface area contributed by atoms with E-state index in [1.807, 2.05) is 31.2 Å². The predicted octanol–water partition coefficient (Wildman–Crippen LogP) is 2.27. The van der Waals surface area contributed by atoms with Gasteiger partial charge in [-0.05, 0) is 13.0 Å². The largest absolute Gasteiger partial charge is 0.463 e. The van der Waals surface area contributed by atoms with Gasteiger partial charge in [-0.2, -0.15) is 0 Å². The maximum Gasteiger partial charge on any atom is 0.257 e. The molecule has 2 atom stereocenters. The lowest BCUT2D eigenvalue weighted by Gasteiger charge is -2.23. The Morgan fingerprint density at radius 1 is 1.42 bits per heavy atom. The predicted molar refractivity (Wildman–Crippen MR) is 76.7 cm³/mol. The molecule has 0 saturated heterocycles. The zero-order valence-corrected chi connectivity index (χ0v) is 12.1. The Morgan fingerprint density at radius 3 is 2.79 bits per heavy atom. The monoisotopic (exact) mass is 279 g/mol. The number of rotatable bonds is 4. The molecule has 2 aromatic rings. The number of amides is 1. The van der Waals surface area contributed by atoms with Gasteiger partial charge < -0.3 is 9.32 Å². The molecule has 0 fully saturated rings. The lowest BCUT2D eigenvalue weighted by molar-refractivity contribution is 0.0758. The third-order valence-corrected chi connectivity index (χ3v) is 4.12. The van der Waals surface area contributed by atoms with E-state index >= 15 is 0 Å². The molecule has 2 rings (SSSR count). The molecule has 1 aromatic heterocycles. The lowest BCUT2D eigenvalue weighted by Crippen LogP contribution is -2.38. The average Bonchev–Trinajstić information content (AvgIpc) is 2.80. The average molecular weight is 279 g/mol. The number of para-hydroxylation sites is 1. The van der Waals surface area contributed by atoms with Gasteiger partial charge >= 0.3 is 0 Å². The highest BCUT2D eigenvalue weighted by Gasteiger charge is 2.21. The van der Waals surface area contributed by atoms with E-state index in [4.69, 9.17) is 4.42 Å². The first-order valence-corrected chi connectivity index (χ1v) is 7.77. The van der Waals surface area contributed by atoms with Crippen LogP contribution in [0.2, 0.25) is 0 Å². The fourth-order valence-electron chi connectivity index (χ4n) is 1.99. The van der Waals surface area contributed by atoms with E-state index in [-0.39, 0.29) is 11.9 Å². The minimum atomic E-state index is -0.924. The SMILES string of the molecule is C[C@H](C[S@](C)=O)N(C)C(=O)c1coc2ccccc12. The summed E-state index contributed by atoms with van der Waals surface area (Å²) in [5, 5.41) is 0.809. The van der Waals surface area contributed by atoms with Gasteiger partial charge in [-0.15, -0.1) is 0 Å². The minimum absolute atomic E-state index is 0.0769. The van der Waals surface area contributed by atoms with E-state index in [0.717, 1.165) is 5.39 Å². The zero-order valence-electron chi connectivity index (χ0n) is 11.3. The van der Waals surface area contributed by atoms with Crippen LogP contribution in [0.1, 0.15) is 17.3 Å². The smallest absolute Gasteiger partial charge is 0.257 e. The molecule has 0 radical (unpaired) electrons. The summed E-state index contributed by atoms with van der Waals surface area (Å²) in [6.45, 7) is 1.89. The fourth-order valence-corrected chi connectivity index (χ4v) is 2.89. The number of furan rings is 1. The van der Waals surface area contributed by atoms with Gasteiger partial charge in [0.05, 0.1) is 5.56 Å². The molecular weight excluding hydrogens is 262 g/mol. The molecular formula is C14H17NO3S. The summed E-state index contributed by atoms with van der Waals surface area (Å²) in [6.07, 6.45) is 3.13. The molecule has 4 nitrogen and oxygen atoms in total. The highest BCUT2D eigenvalue weighted by Crippen LogP contribution is 2.22. The Balaban J connectivity index is 2.26.